The lowest BCUT2D eigenvalue weighted by atomic mass is 10.1. The maximum Gasteiger partial charge on any atom is 0.250 e. The minimum absolute atomic E-state index is 0.0425. The van der Waals surface area contributed by atoms with Gasteiger partial charge in [-0.15, -0.1) is 0 Å². The number of aryl methyl sites for hydroxylation is 1. The van der Waals surface area contributed by atoms with E-state index in [1.54, 1.807) is 36.3 Å². The second-order valence-corrected chi connectivity index (χ2v) is 5.06. The SMILES string of the molecule is Cn1cc(-c2cnn(Cc3ccccc3C#N)c2)ccc1=O. The van der Waals surface area contributed by atoms with Crippen molar-refractivity contribution in [2.75, 3.05) is 0 Å². The zero-order valence-corrected chi connectivity index (χ0v) is 12.1. The van der Waals surface area contributed by atoms with E-state index in [0.717, 1.165) is 16.7 Å². The highest BCUT2D eigenvalue weighted by Gasteiger charge is 2.06. The average Bonchev–Trinajstić information content (AvgIpc) is 2.99. The largest absolute Gasteiger partial charge is 0.318 e. The first-order valence-corrected chi connectivity index (χ1v) is 6.85. The van der Waals surface area contributed by atoms with Gasteiger partial charge in [-0.1, -0.05) is 18.2 Å². The third-order valence-electron chi connectivity index (χ3n) is 3.52. The number of hydrogen-bond donors (Lipinski definition) is 0. The predicted molar refractivity (Wildman–Crippen MR) is 83.2 cm³/mol. The summed E-state index contributed by atoms with van der Waals surface area (Å²) in [5.74, 6) is 0. The van der Waals surface area contributed by atoms with E-state index in [4.69, 9.17) is 5.26 Å². The number of hydrogen-bond acceptors (Lipinski definition) is 3. The van der Waals surface area contributed by atoms with Crippen LogP contribution in [-0.2, 0) is 13.6 Å². The van der Waals surface area contributed by atoms with Crippen LogP contribution in [0.5, 0.6) is 0 Å². The van der Waals surface area contributed by atoms with Gasteiger partial charge < -0.3 is 4.57 Å². The molecule has 5 nitrogen and oxygen atoms in total. The molecule has 22 heavy (non-hydrogen) atoms. The number of benzene rings is 1. The van der Waals surface area contributed by atoms with Crippen LogP contribution in [0.2, 0.25) is 0 Å². The topological polar surface area (TPSA) is 63.6 Å². The molecule has 2 aromatic heterocycles. The van der Waals surface area contributed by atoms with E-state index in [9.17, 15) is 4.79 Å². The molecule has 0 N–H and O–H groups in total. The zero-order valence-electron chi connectivity index (χ0n) is 12.1. The molecule has 108 valence electrons. The fourth-order valence-electron chi connectivity index (χ4n) is 2.31. The Morgan fingerprint density at radius 1 is 1.14 bits per heavy atom. The minimum atomic E-state index is -0.0425. The van der Waals surface area contributed by atoms with E-state index < -0.39 is 0 Å². The molecular weight excluding hydrogens is 276 g/mol. The first kappa shape index (κ1) is 13.8. The van der Waals surface area contributed by atoms with Crippen LogP contribution in [0.15, 0.2) is 59.8 Å². The lowest BCUT2D eigenvalue weighted by Crippen LogP contribution is -2.13. The van der Waals surface area contributed by atoms with Gasteiger partial charge in [-0.05, 0) is 17.7 Å². The molecule has 1 aromatic carbocycles. The molecule has 0 amide bonds. The monoisotopic (exact) mass is 290 g/mol. The molecule has 0 bridgehead atoms. The van der Waals surface area contributed by atoms with Crippen LogP contribution in [0, 0.1) is 11.3 Å². The highest BCUT2D eigenvalue weighted by Crippen LogP contribution is 2.17. The third-order valence-corrected chi connectivity index (χ3v) is 3.52. The lowest BCUT2D eigenvalue weighted by Gasteiger charge is -2.04. The molecule has 0 radical (unpaired) electrons. The lowest BCUT2D eigenvalue weighted by molar-refractivity contribution is 0.686. The van der Waals surface area contributed by atoms with Gasteiger partial charge in [0.25, 0.3) is 0 Å². The van der Waals surface area contributed by atoms with Gasteiger partial charge in [0.2, 0.25) is 5.56 Å². The highest BCUT2D eigenvalue weighted by molar-refractivity contribution is 5.60. The van der Waals surface area contributed by atoms with Crippen molar-refractivity contribution in [3.63, 3.8) is 0 Å². The molecule has 0 unspecified atom stereocenters. The molecular formula is C17H14N4O. The number of nitrogens with zero attached hydrogens (tertiary/aromatic N) is 4. The summed E-state index contributed by atoms with van der Waals surface area (Å²) >= 11 is 0. The first-order chi connectivity index (χ1) is 10.7. The van der Waals surface area contributed by atoms with Crippen molar-refractivity contribution in [3.05, 3.63) is 76.5 Å². The van der Waals surface area contributed by atoms with E-state index in [2.05, 4.69) is 11.2 Å². The van der Waals surface area contributed by atoms with Gasteiger partial charge >= 0.3 is 0 Å². The summed E-state index contributed by atoms with van der Waals surface area (Å²) in [6.07, 6.45) is 5.45. The molecule has 0 saturated carbocycles. The van der Waals surface area contributed by atoms with Crippen molar-refractivity contribution in [3.8, 4) is 17.2 Å². The zero-order chi connectivity index (χ0) is 15.5. The summed E-state index contributed by atoms with van der Waals surface area (Å²) in [6.45, 7) is 0.537. The average molecular weight is 290 g/mol. The van der Waals surface area contributed by atoms with Crippen molar-refractivity contribution in [2.24, 2.45) is 7.05 Å². The molecule has 0 aliphatic carbocycles. The van der Waals surface area contributed by atoms with E-state index in [1.807, 2.05) is 24.4 Å². The summed E-state index contributed by atoms with van der Waals surface area (Å²) in [5.41, 5.74) is 3.41. The molecule has 5 heteroatoms. The number of rotatable bonds is 3. The Morgan fingerprint density at radius 3 is 2.73 bits per heavy atom. The van der Waals surface area contributed by atoms with E-state index in [0.29, 0.717) is 12.1 Å². The summed E-state index contributed by atoms with van der Waals surface area (Å²) in [7, 11) is 1.72. The molecule has 0 saturated heterocycles. The van der Waals surface area contributed by atoms with Crippen LogP contribution in [0.1, 0.15) is 11.1 Å². The van der Waals surface area contributed by atoms with Gasteiger partial charge in [-0.25, -0.2) is 0 Å². The summed E-state index contributed by atoms with van der Waals surface area (Å²) in [6, 6.07) is 13.0. The Balaban J connectivity index is 1.89. The summed E-state index contributed by atoms with van der Waals surface area (Å²) < 4.78 is 3.33. The van der Waals surface area contributed by atoms with Gasteiger partial charge in [0.1, 0.15) is 0 Å². The first-order valence-electron chi connectivity index (χ1n) is 6.85. The summed E-state index contributed by atoms with van der Waals surface area (Å²) in [5, 5.41) is 13.5. The molecule has 2 heterocycles. The maximum atomic E-state index is 11.4. The van der Waals surface area contributed by atoms with Crippen molar-refractivity contribution in [2.45, 2.75) is 6.54 Å². The highest BCUT2D eigenvalue weighted by atomic mass is 16.1. The Labute approximate surface area is 127 Å². The van der Waals surface area contributed by atoms with Gasteiger partial charge in [0.15, 0.2) is 0 Å². The van der Waals surface area contributed by atoms with Crippen LogP contribution < -0.4 is 5.56 Å². The van der Waals surface area contributed by atoms with Crippen LogP contribution in [0.3, 0.4) is 0 Å². The minimum Gasteiger partial charge on any atom is -0.318 e. The Kier molecular flexibility index (Phi) is 3.58. The maximum absolute atomic E-state index is 11.4. The van der Waals surface area contributed by atoms with Gasteiger partial charge in [0, 0.05) is 36.6 Å². The number of nitriles is 1. The fourth-order valence-corrected chi connectivity index (χ4v) is 2.31. The van der Waals surface area contributed by atoms with E-state index in [1.165, 1.54) is 10.6 Å². The van der Waals surface area contributed by atoms with Crippen molar-refractivity contribution < 1.29 is 0 Å². The smallest absolute Gasteiger partial charge is 0.250 e. The normalized spacial score (nSPS) is 10.4. The van der Waals surface area contributed by atoms with Crippen LogP contribution in [0.25, 0.3) is 11.1 Å². The van der Waals surface area contributed by atoms with E-state index in [-0.39, 0.29) is 5.56 Å². The molecule has 3 rings (SSSR count). The van der Waals surface area contributed by atoms with E-state index >= 15 is 0 Å². The molecule has 3 aromatic rings. The molecule has 0 spiro atoms. The molecule has 0 aliphatic heterocycles. The molecule has 0 fully saturated rings. The van der Waals surface area contributed by atoms with Crippen LogP contribution in [0.4, 0.5) is 0 Å². The van der Waals surface area contributed by atoms with Crippen molar-refractivity contribution in [1.29, 1.82) is 5.26 Å². The Hall–Kier alpha value is -3.13. The third kappa shape index (κ3) is 2.67. The van der Waals surface area contributed by atoms with Crippen LogP contribution >= 0.6 is 0 Å². The second kappa shape index (κ2) is 5.70. The Bertz CT molecular complexity index is 915. The standard InChI is InChI=1S/C17H14N4O/c1-20-10-15(6-7-17(20)22)16-9-19-21(12-16)11-14-5-3-2-4-13(14)8-18/h2-7,9-10,12H,11H2,1H3. The number of pyridine rings is 1. The quantitative estimate of drug-likeness (QED) is 0.742. The fraction of sp³-hybridized carbons (Fsp3) is 0.118. The van der Waals surface area contributed by atoms with Gasteiger partial charge in [-0.3, -0.25) is 9.48 Å². The second-order valence-electron chi connectivity index (χ2n) is 5.06. The van der Waals surface area contributed by atoms with Crippen molar-refractivity contribution in [1.82, 2.24) is 14.3 Å². The predicted octanol–water partition coefficient (Wildman–Crippen LogP) is 2.17. The Morgan fingerprint density at radius 2 is 1.95 bits per heavy atom. The van der Waals surface area contributed by atoms with Gasteiger partial charge in [0.05, 0.1) is 24.4 Å². The van der Waals surface area contributed by atoms with Crippen LogP contribution in [-0.4, -0.2) is 14.3 Å². The summed E-state index contributed by atoms with van der Waals surface area (Å²) in [4.78, 5) is 11.4. The molecule has 0 aliphatic rings. The molecule has 0 atom stereocenters. The van der Waals surface area contributed by atoms with Gasteiger partial charge in [-0.2, -0.15) is 10.4 Å². The number of aromatic nitrogens is 3. The van der Waals surface area contributed by atoms with Crippen molar-refractivity contribution >= 4 is 0 Å².